The second-order valence-electron chi connectivity index (χ2n) is 9.85. The highest BCUT2D eigenvalue weighted by atomic mass is 32.1. The Hall–Kier alpha value is -2.93. The summed E-state index contributed by atoms with van der Waals surface area (Å²) in [5.74, 6) is 1.84. The van der Waals surface area contributed by atoms with Crippen LogP contribution in [0, 0.1) is 0 Å². The molecule has 3 heterocycles. The fourth-order valence-electron chi connectivity index (χ4n) is 4.43. The number of hydrogen-bond donors (Lipinski definition) is 1. The normalized spacial score (nSPS) is 15.0. The maximum absolute atomic E-state index is 9.90. The quantitative estimate of drug-likeness (QED) is 0.357. The van der Waals surface area contributed by atoms with E-state index in [-0.39, 0.29) is 6.61 Å². The molecule has 0 atom stereocenters. The van der Waals surface area contributed by atoms with Crippen molar-refractivity contribution >= 4 is 27.2 Å². The van der Waals surface area contributed by atoms with E-state index in [1.54, 1.807) is 25.2 Å². The first kappa shape index (κ1) is 23.8. The second kappa shape index (κ2) is 10.4. The Kier molecular flexibility index (Phi) is 7.04. The van der Waals surface area contributed by atoms with E-state index in [1.165, 1.54) is 15.6 Å². The average molecular weight is 488 g/mol. The molecular weight excluding hydrogens is 454 g/mol. The lowest BCUT2D eigenvalue weighted by atomic mass is 10.1. The zero-order valence-electron chi connectivity index (χ0n) is 20.5. The number of benzene rings is 2. The summed E-state index contributed by atoms with van der Waals surface area (Å²) >= 11 is 1.77. The molecule has 0 spiro atoms. The van der Waals surface area contributed by atoms with Crippen LogP contribution in [0.3, 0.4) is 0 Å². The van der Waals surface area contributed by atoms with E-state index in [0.717, 1.165) is 62.0 Å². The molecule has 0 saturated carbocycles. The summed E-state index contributed by atoms with van der Waals surface area (Å²) in [5, 5.41) is 13.3. The number of anilines is 1. The van der Waals surface area contributed by atoms with Gasteiger partial charge in [0.25, 0.3) is 0 Å². The molecule has 0 amide bonds. The molecule has 1 saturated heterocycles. The third-order valence-corrected chi connectivity index (χ3v) is 7.27. The van der Waals surface area contributed by atoms with Crippen molar-refractivity contribution in [3.63, 3.8) is 0 Å². The van der Waals surface area contributed by atoms with Crippen molar-refractivity contribution in [1.29, 1.82) is 0 Å². The zero-order chi connectivity index (χ0) is 24.3. The van der Waals surface area contributed by atoms with Crippen LogP contribution in [-0.2, 0) is 6.42 Å². The van der Waals surface area contributed by atoms with Crippen molar-refractivity contribution in [2.45, 2.75) is 25.9 Å². The van der Waals surface area contributed by atoms with E-state index in [9.17, 15) is 5.11 Å². The summed E-state index contributed by atoms with van der Waals surface area (Å²) in [4.78, 5) is 10.1. The Morgan fingerprint density at radius 3 is 2.43 bits per heavy atom. The van der Waals surface area contributed by atoms with Gasteiger partial charge in [-0.2, -0.15) is 0 Å². The number of nitrogens with zero attached hydrogens (tertiary/aromatic N) is 3. The molecule has 4 aromatic rings. The van der Waals surface area contributed by atoms with Crippen molar-refractivity contribution in [3.05, 3.63) is 77.7 Å². The highest BCUT2D eigenvalue weighted by Gasteiger charge is 2.21. The van der Waals surface area contributed by atoms with Crippen molar-refractivity contribution in [3.8, 4) is 17.0 Å². The van der Waals surface area contributed by atoms with Gasteiger partial charge in [0.15, 0.2) is 0 Å². The van der Waals surface area contributed by atoms with E-state index < -0.39 is 5.60 Å². The van der Waals surface area contributed by atoms with Gasteiger partial charge in [0.1, 0.15) is 18.2 Å². The van der Waals surface area contributed by atoms with E-state index in [0.29, 0.717) is 0 Å². The van der Waals surface area contributed by atoms with E-state index in [4.69, 9.17) is 9.72 Å². The summed E-state index contributed by atoms with van der Waals surface area (Å²) in [6.07, 6.45) is 1.10. The molecule has 35 heavy (non-hydrogen) atoms. The molecule has 0 aliphatic carbocycles. The molecule has 5 nitrogen and oxygen atoms in total. The van der Waals surface area contributed by atoms with Gasteiger partial charge >= 0.3 is 0 Å². The summed E-state index contributed by atoms with van der Waals surface area (Å²) in [7, 11) is 0. The van der Waals surface area contributed by atoms with Crippen molar-refractivity contribution in [1.82, 2.24) is 9.88 Å². The molecular formula is C29H33N3O2S. The molecule has 182 valence electrons. The van der Waals surface area contributed by atoms with Gasteiger partial charge in [0.2, 0.25) is 0 Å². The average Bonchev–Trinajstić information content (AvgIpc) is 3.35. The van der Waals surface area contributed by atoms with Crippen LogP contribution in [0.2, 0.25) is 0 Å². The topological polar surface area (TPSA) is 48.8 Å². The van der Waals surface area contributed by atoms with Gasteiger partial charge in [-0.15, -0.1) is 11.3 Å². The van der Waals surface area contributed by atoms with E-state index in [2.05, 4.69) is 57.6 Å². The molecule has 6 heteroatoms. The SMILES string of the molecule is CC(C)(O)COc1ccc(-c2cc3sccc3c(N3CCN(CCc4ccccc4)CC3)n2)cc1. The lowest BCUT2D eigenvalue weighted by molar-refractivity contribution is 0.0285. The fraction of sp³-hybridized carbons (Fsp3) is 0.345. The van der Waals surface area contributed by atoms with Crippen molar-refractivity contribution in [2.75, 3.05) is 44.2 Å². The van der Waals surface area contributed by atoms with Gasteiger partial charge in [-0.1, -0.05) is 30.3 Å². The number of rotatable bonds is 8. The number of pyridine rings is 1. The smallest absolute Gasteiger partial charge is 0.138 e. The Labute approximate surface area is 211 Å². The van der Waals surface area contributed by atoms with Gasteiger partial charge in [-0.3, -0.25) is 4.90 Å². The first-order chi connectivity index (χ1) is 16.9. The third-order valence-electron chi connectivity index (χ3n) is 6.40. The first-order valence-electron chi connectivity index (χ1n) is 12.3. The molecule has 0 unspecified atom stereocenters. The molecule has 1 N–H and O–H groups in total. The van der Waals surface area contributed by atoms with Gasteiger partial charge < -0.3 is 14.7 Å². The van der Waals surface area contributed by atoms with Crippen LogP contribution in [-0.4, -0.2) is 59.9 Å². The van der Waals surface area contributed by atoms with Gasteiger partial charge in [0.05, 0.1) is 11.3 Å². The maximum Gasteiger partial charge on any atom is 0.138 e. The van der Waals surface area contributed by atoms with Crippen molar-refractivity contribution in [2.24, 2.45) is 0 Å². The maximum atomic E-state index is 9.90. The Morgan fingerprint density at radius 2 is 1.71 bits per heavy atom. The summed E-state index contributed by atoms with van der Waals surface area (Å²) < 4.78 is 6.98. The number of thiophene rings is 1. The number of aromatic nitrogens is 1. The van der Waals surface area contributed by atoms with E-state index in [1.807, 2.05) is 24.3 Å². The highest BCUT2D eigenvalue weighted by molar-refractivity contribution is 7.17. The van der Waals surface area contributed by atoms with E-state index >= 15 is 0 Å². The van der Waals surface area contributed by atoms with Crippen molar-refractivity contribution < 1.29 is 9.84 Å². The molecule has 0 radical (unpaired) electrons. The molecule has 2 aromatic heterocycles. The molecule has 1 aliphatic rings. The molecule has 2 aromatic carbocycles. The monoisotopic (exact) mass is 487 g/mol. The first-order valence-corrected chi connectivity index (χ1v) is 13.2. The van der Waals surface area contributed by atoms with Crippen LogP contribution < -0.4 is 9.64 Å². The summed E-state index contributed by atoms with van der Waals surface area (Å²) in [6, 6.07) is 23.1. The Morgan fingerprint density at radius 1 is 0.971 bits per heavy atom. The minimum absolute atomic E-state index is 0.257. The fourth-order valence-corrected chi connectivity index (χ4v) is 5.25. The highest BCUT2D eigenvalue weighted by Crippen LogP contribution is 2.34. The zero-order valence-corrected chi connectivity index (χ0v) is 21.3. The standard InChI is InChI=1S/C29H33N3O2S/c1-29(2,33)21-34-24-10-8-23(9-11-24)26-20-27-25(13-19-35-27)28(30-26)32-17-15-31(16-18-32)14-12-22-6-4-3-5-7-22/h3-11,13,19-20,33H,12,14-18,21H2,1-2H3. The number of aliphatic hydroxyl groups is 1. The minimum atomic E-state index is -0.856. The van der Waals surface area contributed by atoms with Gasteiger partial charge in [-0.25, -0.2) is 4.98 Å². The van der Waals surface area contributed by atoms with Gasteiger partial charge in [0, 0.05) is 48.4 Å². The Balaban J connectivity index is 1.28. The lowest BCUT2D eigenvalue weighted by Crippen LogP contribution is -2.47. The number of fused-ring (bicyclic) bond motifs is 1. The van der Waals surface area contributed by atoms with Crippen LogP contribution in [0.1, 0.15) is 19.4 Å². The predicted molar refractivity (Wildman–Crippen MR) is 146 cm³/mol. The van der Waals surface area contributed by atoms with Crippen LogP contribution >= 0.6 is 11.3 Å². The number of hydrogen-bond acceptors (Lipinski definition) is 6. The van der Waals surface area contributed by atoms with Crippen LogP contribution in [0.4, 0.5) is 5.82 Å². The molecule has 1 aliphatic heterocycles. The molecule has 0 bridgehead atoms. The minimum Gasteiger partial charge on any atom is -0.491 e. The van der Waals surface area contributed by atoms with Crippen LogP contribution in [0.15, 0.2) is 72.1 Å². The largest absolute Gasteiger partial charge is 0.491 e. The number of ether oxygens (including phenoxy) is 1. The second-order valence-corrected chi connectivity index (χ2v) is 10.8. The lowest BCUT2D eigenvalue weighted by Gasteiger charge is -2.36. The molecule has 1 fully saturated rings. The molecule has 5 rings (SSSR count). The third kappa shape index (κ3) is 6.01. The van der Waals surface area contributed by atoms with Crippen LogP contribution in [0.5, 0.6) is 5.75 Å². The van der Waals surface area contributed by atoms with Gasteiger partial charge in [-0.05, 0) is 67.6 Å². The Bertz CT molecular complexity index is 1240. The van der Waals surface area contributed by atoms with Crippen LogP contribution in [0.25, 0.3) is 21.3 Å². The summed E-state index contributed by atoms with van der Waals surface area (Å²) in [6.45, 7) is 8.92. The summed E-state index contributed by atoms with van der Waals surface area (Å²) in [5.41, 5.74) is 2.60. The number of piperazine rings is 1. The predicted octanol–water partition coefficient (Wildman–Crippen LogP) is 5.48.